The van der Waals surface area contributed by atoms with Gasteiger partial charge in [-0.2, -0.15) is 0 Å². The van der Waals surface area contributed by atoms with Crippen molar-refractivity contribution in [3.63, 3.8) is 0 Å². The zero-order valence-corrected chi connectivity index (χ0v) is 9.75. The van der Waals surface area contributed by atoms with E-state index in [-0.39, 0.29) is 12.5 Å². The SMILES string of the molecule is COC(=O)CNC(=O)CCC1CCCNC1. The first-order valence-electron chi connectivity index (χ1n) is 5.76. The molecular formula is C11H20N2O3. The summed E-state index contributed by atoms with van der Waals surface area (Å²) in [6, 6.07) is 0. The Bertz CT molecular complexity index is 237. The number of rotatable bonds is 5. The molecule has 16 heavy (non-hydrogen) atoms. The monoisotopic (exact) mass is 228 g/mol. The topological polar surface area (TPSA) is 67.4 Å². The smallest absolute Gasteiger partial charge is 0.325 e. The van der Waals surface area contributed by atoms with E-state index in [9.17, 15) is 9.59 Å². The molecule has 2 N–H and O–H groups in total. The van der Waals surface area contributed by atoms with Gasteiger partial charge in [-0.15, -0.1) is 0 Å². The van der Waals surface area contributed by atoms with E-state index in [1.165, 1.54) is 20.0 Å². The van der Waals surface area contributed by atoms with Crippen molar-refractivity contribution in [1.29, 1.82) is 0 Å². The fraction of sp³-hybridized carbons (Fsp3) is 0.818. The van der Waals surface area contributed by atoms with Crippen LogP contribution in [0.2, 0.25) is 0 Å². The van der Waals surface area contributed by atoms with Crippen LogP contribution in [-0.2, 0) is 14.3 Å². The number of methoxy groups -OCH3 is 1. The van der Waals surface area contributed by atoms with Crippen LogP contribution in [0.25, 0.3) is 0 Å². The highest BCUT2D eigenvalue weighted by atomic mass is 16.5. The summed E-state index contributed by atoms with van der Waals surface area (Å²) in [5.74, 6) is 0.112. The molecule has 5 nitrogen and oxygen atoms in total. The highest BCUT2D eigenvalue weighted by molar-refractivity contribution is 5.81. The summed E-state index contributed by atoms with van der Waals surface area (Å²) in [5, 5.41) is 5.85. The maximum absolute atomic E-state index is 11.4. The lowest BCUT2D eigenvalue weighted by molar-refractivity contribution is -0.141. The maximum Gasteiger partial charge on any atom is 0.325 e. The molecule has 1 atom stereocenters. The van der Waals surface area contributed by atoms with Gasteiger partial charge in [-0.25, -0.2) is 0 Å². The standard InChI is InChI=1S/C11H20N2O3/c1-16-11(15)8-13-10(14)5-4-9-3-2-6-12-7-9/h9,12H,2-8H2,1H3,(H,13,14). The van der Waals surface area contributed by atoms with Gasteiger partial charge in [0.1, 0.15) is 6.54 Å². The van der Waals surface area contributed by atoms with E-state index in [2.05, 4.69) is 15.4 Å². The minimum Gasteiger partial charge on any atom is -0.468 e. The number of ether oxygens (including phenoxy) is 1. The van der Waals surface area contributed by atoms with Crippen LogP contribution >= 0.6 is 0 Å². The summed E-state index contributed by atoms with van der Waals surface area (Å²) in [7, 11) is 1.31. The van der Waals surface area contributed by atoms with Crippen molar-refractivity contribution < 1.29 is 14.3 Å². The number of nitrogens with one attached hydrogen (secondary N) is 2. The molecule has 0 aliphatic carbocycles. The van der Waals surface area contributed by atoms with E-state index < -0.39 is 5.97 Å². The maximum atomic E-state index is 11.4. The molecule has 1 rings (SSSR count). The van der Waals surface area contributed by atoms with E-state index in [0.29, 0.717) is 12.3 Å². The molecule has 5 heteroatoms. The zero-order valence-electron chi connectivity index (χ0n) is 9.75. The van der Waals surface area contributed by atoms with Crippen LogP contribution < -0.4 is 10.6 Å². The van der Waals surface area contributed by atoms with Crippen LogP contribution in [0.15, 0.2) is 0 Å². The molecule has 0 radical (unpaired) electrons. The average Bonchev–Trinajstić information content (AvgIpc) is 2.34. The van der Waals surface area contributed by atoms with Gasteiger partial charge in [0.05, 0.1) is 7.11 Å². The molecule has 1 saturated heterocycles. The van der Waals surface area contributed by atoms with Crippen LogP contribution in [0.4, 0.5) is 0 Å². The molecule has 0 spiro atoms. The number of amides is 1. The van der Waals surface area contributed by atoms with Crippen LogP contribution in [-0.4, -0.2) is 38.6 Å². The Morgan fingerprint density at radius 2 is 2.31 bits per heavy atom. The first kappa shape index (κ1) is 13.0. The largest absolute Gasteiger partial charge is 0.468 e. The highest BCUT2D eigenvalue weighted by Gasteiger charge is 2.14. The molecule has 1 aliphatic rings. The van der Waals surface area contributed by atoms with E-state index in [1.54, 1.807) is 0 Å². The predicted molar refractivity (Wildman–Crippen MR) is 59.9 cm³/mol. The van der Waals surface area contributed by atoms with Crippen molar-refractivity contribution >= 4 is 11.9 Å². The quantitative estimate of drug-likeness (QED) is 0.653. The van der Waals surface area contributed by atoms with Gasteiger partial charge in [0.2, 0.25) is 5.91 Å². The van der Waals surface area contributed by atoms with E-state index in [4.69, 9.17) is 0 Å². The summed E-state index contributed by atoms with van der Waals surface area (Å²) >= 11 is 0. The van der Waals surface area contributed by atoms with Crippen LogP contribution in [0.5, 0.6) is 0 Å². The lowest BCUT2D eigenvalue weighted by Gasteiger charge is -2.22. The second kappa shape index (κ2) is 7.22. The van der Waals surface area contributed by atoms with Gasteiger partial charge in [-0.1, -0.05) is 0 Å². The van der Waals surface area contributed by atoms with Gasteiger partial charge >= 0.3 is 5.97 Å². The number of hydrogen-bond acceptors (Lipinski definition) is 4. The third kappa shape index (κ3) is 5.11. The number of piperidine rings is 1. The molecule has 1 amide bonds. The third-order valence-corrected chi connectivity index (χ3v) is 2.84. The van der Waals surface area contributed by atoms with Gasteiger partial charge < -0.3 is 15.4 Å². The minimum absolute atomic E-state index is 0.0295. The van der Waals surface area contributed by atoms with Crippen molar-refractivity contribution in [3.8, 4) is 0 Å². The molecule has 1 unspecified atom stereocenters. The Morgan fingerprint density at radius 3 is 2.94 bits per heavy atom. The van der Waals surface area contributed by atoms with Crippen molar-refractivity contribution in [2.75, 3.05) is 26.7 Å². The normalized spacial score (nSPS) is 20.2. The molecule has 1 heterocycles. The van der Waals surface area contributed by atoms with Crippen molar-refractivity contribution in [1.82, 2.24) is 10.6 Å². The van der Waals surface area contributed by atoms with Gasteiger partial charge in [0, 0.05) is 6.42 Å². The molecule has 0 aromatic heterocycles. The van der Waals surface area contributed by atoms with Gasteiger partial charge in [0.15, 0.2) is 0 Å². The first-order chi connectivity index (χ1) is 7.72. The predicted octanol–water partition coefficient (Wildman–Crippen LogP) is 0.0554. The average molecular weight is 228 g/mol. The van der Waals surface area contributed by atoms with Crippen LogP contribution in [0.1, 0.15) is 25.7 Å². The van der Waals surface area contributed by atoms with Crippen LogP contribution in [0, 0.1) is 5.92 Å². The molecule has 1 aliphatic heterocycles. The molecule has 0 bridgehead atoms. The van der Waals surface area contributed by atoms with E-state index >= 15 is 0 Å². The Kier molecular flexibility index (Phi) is 5.85. The Balaban J connectivity index is 2.07. The van der Waals surface area contributed by atoms with Crippen LogP contribution in [0.3, 0.4) is 0 Å². The fourth-order valence-corrected chi connectivity index (χ4v) is 1.84. The van der Waals surface area contributed by atoms with Gasteiger partial charge in [0.25, 0.3) is 0 Å². The highest BCUT2D eigenvalue weighted by Crippen LogP contribution is 2.15. The summed E-state index contributed by atoms with van der Waals surface area (Å²) in [6.45, 7) is 2.06. The van der Waals surface area contributed by atoms with E-state index in [0.717, 1.165) is 19.5 Å². The number of hydrogen-bond donors (Lipinski definition) is 2. The van der Waals surface area contributed by atoms with Crippen molar-refractivity contribution in [2.24, 2.45) is 5.92 Å². The Morgan fingerprint density at radius 1 is 1.50 bits per heavy atom. The minimum atomic E-state index is -0.410. The van der Waals surface area contributed by atoms with Gasteiger partial charge in [-0.05, 0) is 38.3 Å². The summed E-state index contributed by atoms with van der Waals surface area (Å²) in [6.07, 6.45) is 3.76. The lowest BCUT2D eigenvalue weighted by Crippen LogP contribution is -2.33. The second-order valence-electron chi connectivity index (χ2n) is 4.10. The zero-order chi connectivity index (χ0) is 11.8. The number of carbonyl (C=O) groups is 2. The van der Waals surface area contributed by atoms with Crippen molar-refractivity contribution in [2.45, 2.75) is 25.7 Å². The first-order valence-corrected chi connectivity index (χ1v) is 5.76. The number of carbonyl (C=O) groups excluding carboxylic acids is 2. The Hall–Kier alpha value is -1.10. The molecule has 0 saturated carbocycles. The molecule has 0 aromatic rings. The molecule has 1 fully saturated rings. The fourth-order valence-electron chi connectivity index (χ4n) is 1.84. The summed E-state index contributed by atoms with van der Waals surface area (Å²) in [4.78, 5) is 22.1. The lowest BCUT2D eigenvalue weighted by atomic mass is 9.94. The molecule has 92 valence electrons. The third-order valence-electron chi connectivity index (χ3n) is 2.84. The summed E-state index contributed by atoms with van der Waals surface area (Å²) < 4.78 is 4.43. The number of esters is 1. The van der Waals surface area contributed by atoms with Crippen molar-refractivity contribution in [3.05, 3.63) is 0 Å². The molecule has 0 aromatic carbocycles. The van der Waals surface area contributed by atoms with E-state index in [1.807, 2.05) is 0 Å². The summed E-state index contributed by atoms with van der Waals surface area (Å²) in [5.41, 5.74) is 0. The Labute approximate surface area is 95.9 Å². The molecular weight excluding hydrogens is 208 g/mol. The van der Waals surface area contributed by atoms with Gasteiger partial charge in [-0.3, -0.25) is 9.59 Å². The second-order valence-corrected chi connectivity index (χ2v) is 4.10.